The summed E-state index contributed by atoms with van der Waals surface area (Å²) in [6, 6.07) is 21.5. The Kier molecular flexibility index (Phi) is 6.92. The van der Waals surface area contributed by atoms with Gasteiger partial charge in [0.2, 0.25) is 0 Å². The van der Waals surface area contributed by atoms with Crippen molar-refractivity contribution in [3.8, 4) is 11.3 Å². The summed E-state index contributed by atoms with van der Waals surface area (Å²) < 4.78 is 7.35. The summed E-state index contributed by atoms with van der Waals surface area (Å²) in [5.74, 6) is -0.209. The topological polar surface area (TPSA) is 83.8 Å². The number of aromatic nitrogens is 1. The van der Waals surface area contributed by atoms with E-state index in [0.29, 0.717) is 46.7 Å². The van der Waals surface area contributed by atoms with Crippen molar-refractivity contribution >= 4 is 34.5 Å². The van der Waals surface area contributed by atoms with Crippen molar-refractivity contribution in [1.82, 2.24) is 14.8 Å². The maximum atomic E-state index is 13.5. The molecule has 0 atom stereocenters. The first-order valence-corrected chi connectivity index (χ1v) is 14.4. The molecule has 4 aromatic rings. The molecule has 6 rings (SSSR count). The highest BCUT2D eigenvalue weighted by Crippen LogP contribution is 2.38. The minimum Gasteiger partial charge on any atom is -0.443 e. The first-order chi connectivity index (χ1) is 19.5. The lowest BCUT2D eigenvalue weighted by atomic mass is 9.84. The Bertz CT molecular complexity index is 1650. The van der Waals surface area contributed by atoms with E-state index < -0.39 is 17.3 Å². The van der Waals surface area contributed by atoms with Crippen LogP contribution in [-0.2, 0) is 23.4 Å². The number of benzene rings is 3. The number of nitrogens with one attached hydrogen (secondary N) is 1. The monoisotopic (exact) mass is 571 g/mol. The number of piperidine rings is 1. The molecule has 2 N–H and O–H groups in total. The van der Waals surface area contributed by atoms with E-state index in [4.69, 9.17) is 16.3 Å². The van der Waals surface area contributed by atoms with Crippen LogP contribution in [-0.4, -0.2) is 45.3 Å². The fourth-order valence-electron chi connectivity index (χ4n) is 5.97. The summed E-state index contributed by atoms with van der Waals surface area (Å²) >= 11 is 6.42. The molecule has 0 radical (unpaired) electrons. The van der Waals surface area contributed by atoms with E-state index in [9.17, 15) is 14.7 Å². The lowest BCUT2D eigenvalue weighted by Crippen LogP contribution is -2.42. The van der Waals surface area contributed by atoms with Crippen LogP contribution in [0.4, 0.5) is 4.79 Å². The Labute approximate surface area is 244 Å². The summed E-state index contributed by atoms with van der Waals surface area (Å²) in [6.07, 6.45) is 0.832. The second-order valence-electron chi connectivity index (χ2n) is 12.0. The predicted octanol–water partition coefficient (Wildman–Crippen LogP) is 6.47. The Hall–Kier alpha value is -3.65. The Balaban J connectivity index is 1.33. The average molecular weight is 572 g/mol. The quantitative estimate of drug-likeness (QED) is 0.293. The zero-order valence-electron chi connectivity index (χ0n) is 23.5. The minimum atomic E-state index is -0.799. The molecule has 0 saturated carbocycles. The molecule has 0 aliphatic carbocycles. The van der Waals surface area contributed by atoms with E-state index in [0.717, 1.165) is 41.7 Å². The van der Waals surface area contributed by atoms with E-state index in [-0.39, 0.29) is 5.91 Å². The van der Waals surface area contributed by atoms with Gasteiger partial charge in [-0.15, -0.1) is 0 Å². The molecule has 1 aromatic heterocycles. The number of hydrogen-bond donors (Lipinski definition) is 2. The summed E-state index contributed by atoms with van der Waals surface area (Å²) in [5.41, 5.74) is 3.74. The van der Waals surface area contributed by atoms with Gasteiger partial charge in [-0.2, -0.15) is 0 Å². The van der Waals surface area contributed by atoms with Crippen LogP contribution in [0.3, 0.4) is 0 Å². The van der Waals surface area contributed by atoms with E-state index in [1.807, 2.05) is 69.3 Å². The molecular formula is C33H34ClN3O4. The van der Waals surface area contributed by atoms with Crippen LogP contribution >= 0.6 is 11.6 Å². The van der Waals surface area contributed by atoms with Gasteiger partial charge in [-0.3, -0.25) is 9.69 Å². The van der Waals surface area contributed by atoms with Gasteiger partial charge in [0.25, 0.3) is 5.91 Å². The maximum absolute atomic E-state index is 13.5. The first kappa shape index (κ1) is 27.5. The second-order valence-corrected chi connectivity index (χ2v) is 12.5. The number of rotatable bonds is 4. The molecule has 1 saturated heterocycles. The Morgan fingerprint density at radius 3 is 2.49 bits per heavy atom. The molecule has 3 aromatic carbocycles. The lowest BCUT2D eigenvalue weighted by Gasteiger charge is -2.38. The van der Waals surface area contributed by atoms with E-state index in [1.165, 1.54) is 0 Å². The van der Waals surface area contributed by atoms with Crippen molar-refractivity contribution < 1.29 is 19.4 Å². The number of carbonyl (C=O) groups excluding carboxylic acids is 2. The van der Waals surface area contributed by atoms with Gasteiger partial charge in [-0.05, 0) is 69.0 Å². The zero-order chi connectivity index (χ0) is 28.9. The van der Waals surface area contributed by atoms with Crippen LogP contribution in [0.25, 0.3) is 22.2 Å². The largest absolute Gasteiger partial charge is 0.443 e. The molecule has 7 nitrogen and oxygen atoms in total. The van der Waals surface area contributed by atoms with Crippen molar-refractivity contribution in [2.24, 2.45) is 0 Å². The number of likely N-dealkylation sites (tertiary alicyclic amines) is 1. The normalized spacial score (nSPS) is 17.0. The fraction of sp³-hybridized carbons (Fsp3) is 0.333. The SMILES string of the molecule is CC(C)(C)OC(=O)n1c(-c2ccc(Cl)c3c2C(=O)NC3)cc2cc(CN3CCC(O)(c4ccccc4)CC3)ccc21. The molecule has 0 bridgehead atoms. The van der Waals surface area contributed by atoms with Crippen LogP contribution in [0.2, 0.25) is 5.02 Å². The van der Waals surface area contributed by atoms with Gasteiger partial charge in [0.05, 0.1) is 22.4 Å². The molecule has 212 valence electrons. The highest BCUT2D eigenvalue weighted by atomic mass is 35.5. The third kappa shape index (κ3) is 5.25. The van der Waals surface area contributed by atoms with Crippen molar-refractivity contribution in [2.75, 3.05) is 13.1 Å². The molecule has 3 heterocycles. The van der Waals surface area contributed by atoms with Gasteiger partial charge in [-0.1, -0.05) is 54.1 Å². The number of amides is 1. The third-order valence-corrected chi connectivity index (χ3v) is 8.38. The number of ether oxygens (including phenoxy) is 1. The summed E-state index contributed by atoms with van der Waals surface area (Å²) in [4.78, 5) is 28.7. The number of fused-ring (bicyclic) bond motifs is 2. The van der Waals surface area contributed by atoms with Crippen molar-refractivity contribution in [3.05, 3.63) is 94.0 Å². The van der Waals surface area contributed by atoms with Crippen molar-refractivity contribution in [2.45, 2.75) is 57.9 Å². The standard InChI is InChI=1S/C33H34ClN3O4/c1-32(2,3)41-31(39)37-27-12-9-21(20-36-15-13-33(40,14-16-36)23-7-5-4-6-8-23)17-22(27)18-28(37)24-10-11-26(34)25-19-35-30(38)29(24)25/h4-12,17-18,40H,13-16,19-20H2,1-3H3,(H,35,38). The molecule has 2 aliphatic rings. The van der Waals surface area contributed by atoms with Gasteiger partial charge in [0.15, 0.2) is 0 Å². The van der Waals surface area contributed by atoms with Gasteiger partial charge < -0.3 is 15.2 Å². The highest BCUT2D eigenvalue weighted by molar-refractivity contribution is 6.32. The van der Waals surface area contributed by atoms with Crippen LogP contribution in [0, 0.1) is 0 Å². The smallest absolute Gasteiger partial charge is 0.419 e. The number of halogens is 1. The lowest BCUT2D eigenvalue weighted by molar-refractivity contribution is -0.0277. The molecule has 8 heteroatoms. The summed E-state index contributed by atoms with van der Waals surface area (Å²) in [6.45, 7) is 8.14. The number of carbonyl (C=O) groups is 2. The van der Waals surface area contributed by atoms with Crippen LogP contribution in [0.15, 0.2) is 66.7 Å². The van der Waals surface area contributed by atoms with Crippen molar-refractivity contribution in [1.29, 1.82) is 0 Å². The zero-order valence-corrected chi connectivity index (χ0v) is 24.3. The van der Waals surface area contributed by atoms with Crippen molar-refractivity contribution in [3.63, 3.8) is 0 Å². The van der Waals surface area contributed by atoms with Crippen LogP contribution in [0.1, 0.15) is 60.7 Å². The Morgan fingerprint density at radius 1 is 1.05 bits per heavy atom. The molecule has 1 amide bonds. The molecule has 0 unspecified atom stereocenters. The third-order valence-electron chi connectivity index (χ3n) is 8.03. The highest BCUT2D eigenvalue weighted by Gasteiger charge is 2.34. The molecule has 0 spiro atoms. The van der Waals surface area contributed by atoms with Gasteiger partial charge in [-0.25, -0.2) is 9.36 Å². The first-order valence-electron chi connectivity index (χ1n) is 14.0. The molecule has 41 heavy (non-hydrogen) atoms. The molecule has 1 fully saturated rings. The van der Waals surface area contributed by atoms with E-state index in [1.54, 1.807) is 16.7 Å². The summed E-state index contributed by atoms with van der Waals surface area (Å²) in [7, 11) is 0. The van der Waals surface area contributed by atoms with Crippen LogP contribution < -0.4 is 5.32 Å². The van der Waals surface area contributed by atoms with Gasteiger partial charge in [0.1, 0.15) is 5.60 Å². The average Bonchev–Trinajstić information content (AvgIpc) is 3.51. The van der Waals surface area contributed by atoms with E-state index >= 15 is 0 Å². The van der Waals surface area contributed by atoms with E-state index in [2.05, 4.69) is 16.3 Å². The molecule has 2 aliphatic heterocycles. The Morgan fingerprint density at radius 2 is 1.78 bits per heavy atom. The number of nitrogens with zero attached hydrogens (tertiary/aromatic N) is 2. The number of aliphatic hydroxyl groups is 1. The van der Waals surface area contributed by atoms with Gasteiger partial charge in [0, 0.05) is 47.7 Å². The second kappa shape index (κ2) is 10.3. The minimum absolute atomic E-state index is 0.209. The maximum Gasteiger partial charge on any atom is 0.419 e. The van der Waals surface area contributed by atoms with Gasteiger partial charge >= 0.3 is 6.09 Å². The number of hydrogen-bond acceptors (Lipinski definition) is 5. The fourth-order valence-corrected chi connectivity index (χ4v) is 6.19. The summed E-state index contributed by atoms with van der Waals surface area (Å²) in [5, 5.41) is 15.5. The predicted molar refractivity (Wildman–Crippen MR) is 160 cm³/mol. The van der Waals surface area contributed by atoms with Crippen LogP contribution in [0.5, 0.6) is 0 Å². The molecular weight excluding hydrogens is 538 g/mol.